The minimum atomic E-state index is -0.0184. The molecule has 1 amide bonds. The molecule has 7 nitrogen and oxygen atoms in total. The minimum Gasteiger partial charge on any atom is -0.375 e. The van der Waals surface area contributed by atoms with Gasteiger partial charge in [-0.15, -0.1) is 0 Å². The van der Waals surface area contributed by atoms with Crippen LogP contribution in [0, 0.1) is 6.92 Å². The Kier molecular flexibility index (Phi) is 4.89. The van der Waals surface area contributed by atoms with Gasteiger partial charge in [0, 0.05) is 26.9 Å². The number of methoxy groups -OCH3 is 1. The fourth-order valence-electron chi connectivity index (χ4n) is 3.26. The zero-order valence-corrected chi connectivity index (χ0v) is 14.4. The Morgan fingerprint density at radius 1 is 1.38 bits per heavy atom. The summed E-state index contributed by atoms with van der Waals surface area (Å²) < 4.78 is 6.82. The van der Waals surface area contributed by atoms with Crippen molar-refractivity contribution in [2.45, 2.75) is 32.2 Å². The first-order valence-corrected chi connectivity index (χ1v) is 8.22. The average molecular weight is 329 g/mol. The van der Waals surface area contributed by atoms with Gasteiger partial charge in [-0.3, -0.25) is 9.48 Å². The standard InChI is InChI=1S/C17H23N5O2/c1-12-19-13(15-7-8-18-21(15)2)10-14(20-12)16-6-4-5-9-22(16)17(23)11-24-3/h7-8,10,16H,4-6,9,11H2,1-3H3/t16-/m0/s1. The van der Waals surface area contributed by atoms with Crippen LogP contribution < -0.4 is 0 Å². The van der Waals surface area contributed by atoms with Gasteiger partial charge < -0.3 is 9.64 Å². The van der Waals surface area contributed by atoms with Crippen LogP contribution in [0.5, 0.6) is 0 Å². The van der Waals surface area contributed by atoms with Gasteiger partial charge >= 0.3 is 0 Å². The number of carbonyl (C=O) groups excluding carboxylic acids is 1. The molecule has 3 rings (SSSR count). The summed E-state index contributed by atoms with van der Waals surface area (Å²) in [7, 11) is 3.44. The zero-order chi connectivity index (χ0) is 17.1. The van der Waals surface area contributed by atoms with Crippen molar-refractivity contribution in [1.82, 2.24) is 24.6 Å². The van der Waals surface area contributed by atoms with Gasteiger partial charge in [-0.25, -0.2) is 9.97 Å². The number of carbonyl (C=O) groups is 1. The number of piperidine rings is 1. The Bertz CT molecular complexity index is 728. The Labute approximate surface area is 141 Å². The molecule has 0 saturated carbocycles. The maximum atomic E-state index is 12.4. The lowest BCUT2D eigenvalue weighted by Crippen LogP contribution is -2.40. The summed E-state index contributed by atoms with van der Waals surface area (Å²) >= 11 is 0. The lowest BCUT2D eigenvalue weighted by atomic mass is 9.98. The molecule has 1 saturated heterocycles. The van der Waals surface area contributed by atoms with E-state index in [4.69, 9.17) is 4.74 Å². The van der Waals surface area contributed by atoms with Crippen LogP contribution in [0.25, 0.3) is 11.4 Å². The molecule has 1 aliphatic heterocycles. The minimum absolute atomic E-state index is 0.0144. The molecule has 7 heteroatoms. The number of rotatable bonds is 4. The Morgan fingerprint density at radius 3 is 2.92 bits per heavy atom. The number of ether oxygens (including phenoxy) is 1. The molecule has 3 heterocycles. The van der Waals surface area contributed by atoms with Crippen LogP contribution in [0.4, 0.5) is 0 Å². The molecule has 0 aromatic carbocycles. The van der Waals surface area contributed by atoms with Crippen molar-refractivity contribution in [2.75, 3.05) is 20.3 Å². The van der Waals surface area contributed by atoms with Gasteiger partial charge in [0.2, 0.25) is 5.91 Å². The number of amides is 1. The van der Waals surface area contributed by atoms with E-state index in [-0.39, 0.29) is 18.6 Å². The van der Waals surface area contributed by atoms with Crippen molar-refractivity contribution >= 4 is 5.91 Å². The summed E-state index contributed by atoms with van der Waals surface area (Å²) in [6.45, 7) is 2.74. The number of hydrogen-bond donors (Lipinski definition) is 0. The molecule has 0 N–H and O–H groups in total. The lowest BCUT2D eigenvalue weighted by Gasteiger charge is -2.35. The number of nitrogens with zero attached hydrogens (tertiary/aromatic N) is 5. The molecule has 0 aliphatic carbocycles. The summed E-state index contributed by atoms with van der Waals surface area (Å²) in [5.74, 6) is 0.717. The van der Waals surface area contributed by atoms with Gasteiger partial charge in [0.25, 0.3) is 0 Å². The first-order chi connectivity index (χ1) is 11.6. The first kappa shape index (κ1) is 16.6. The molecule has 0 spiro atoms. The van der Waals surface area contributed by atoms with Crippen molar-refractivity contribution in [3.8, 4) is 11.4 Å². The van der Waals surface area contributed by atoms with E-state index in [1.54, 1.807) is 18.0 Å². The van der Waals surface area contributed by atoms with Crippen LogP contribution in [0.1, 0.15) is 36.8 Å². The second kappa shape index (κ2) is 7.09. The van der Waals surface area contributed by atoms with Crippen molar-refractivity contribution in [3.63, 3.8) is 0 Å². The predicted molar refractivity (Wildman–Crippen MR) is 89.2 cm³/mol. The summed E-state index contributed by atoms with van der Waals surface area (Å²) in [6, 6.07) is 3.89. The Hall–Kier alpha value is -2.28. The van der Waals surface area contributed by atoms with Gasteiger partial charge in [0.15, 0.2) is 0 Å². The van der Waals surface area contributed by atoms with Crippen LogP contribution in [0.3, 0.4) is 0 Å². The monoisotopic (exact) mass is 329 g/mol. The largest absolute Gasteiger partial charge is 0.375 e. The summed E-state index contributed by atoms with van der Waals surface area (Å²) in [4.78, 5) is 23.4. The Morgan fingerprint density at radius 2 is 2.21 bits per heavy atom. The van der Waals surface area contributed by atoms with Gasteiger partial charge in [-0.05, 0) is 38.3 Å². The normalized spacial score (nSPS) is 18.0. The van der Waals surface area contributed by atoms with Crippen molar-refractivity contribution in [1.29, 1.82) is 0 Å². The first-order valence-electron chi connectivity index (χ1n) is 8.22. The molecule has 128 valence electrons. The third kappa shape index (κ3) is 3.31. The SMILES string of the molecule is COCC(=O)N1CCCC[C@H]1c1cc(-c2ccnn2C)nc(C)n1. The highest BCUT2D eigenvalue weighted by Crippen LogP contribution is 2.31. The van der Waals surface area contributed by atoms with E-state index in [2.05, 4.69) is 15.1 Å². The van der Waals surface area contributed by atoms with Crippen LogP contribution in [-0.4, -0.2) is 50.8 Å². The van der Waals surface area contributed by atoms with Crippen LogP contribution in [0.15, 0.2) is 18.3 Å². The van der Waals surface area contributed by atoms with Gasteiger partial charge in [-0.1, -0.05) is 0 Å². The van der Waals surface area contributed by atoms with Crippen LogP contribution >= 0.6 is 0 Å². The number of aromatic nitrogens is 4. The molecule has 24 heavy (non-hydrogen) atoms. The van der Waals surface area contributed by atoms with Crippen LogP contribution in [-0.2, 0) is 16.6 Å². The maximum absolute atomic E-state index is 12.4. The second-order valence-corrected chi connectivity index (χ2v) is 6.10. The van der Waals surface area contributed by atoms with E-state index in [9.17, 15) is 4.79 Å². The van der Waals surface area contributed by atoms with Crippen molar-refractivity contribution in [2.24, 2.45) is 7.05 Å². The summed E-state index contributed by atoms with van der Waals surface area (Å²) in [6.07, 6.45) is 4.77. The van der Waals surface area contributed by atoms with Crippen molar-refractivity contribution < 1.29 is 9.53 Å². The van der Waals surface area contributed by atoms with Gasteiger partial charge in [-0.2, -0.15) is 5.10 Å². The number of likely N-dealkylation sites (tertiary alicyclic amines) is 1. The molecular formula is C17H23N5O2. The zero-order valence-electron chi connectivity index (χ0n) is 14.4. The molecular weight excluding hydrogens is 306 g/mol. The third-order valence-corrected chi connectivity index (χ3v) is 4.37. The molecule has 0 radical (unpaired) electrons. The molecule has 2 aromatic rings. The fraction of sp³-hybridized carbons (Fsp3) is 0.529. The quantitative estimate of drug-likeness (QED) is 0.856. The third-order valence-electron chi connectivity index (χ3n) is 4.37. The average Bonchev–Trinajstić information content (AvgIpc) is 3.00. The predicted octanol–water partition coefficient (Wildman–Crippen LogP) is 1.89. The van der Waals surface area contributed by atoms with E-state index in [1.165, 1.54) is 0 Å². The molecule has 1 fully saturated rings. The van der Waals surface area contributed by atoms with E-state index in [0.717, 1.165) is 42.9 Å². The second-order valence-electron chi connectivity index (χ2n) is 6.10. The fourth-order valence-corrected chi connectivity index (χ4v) is 3.26. The molecule has 0 unspecified atom stereocenters. The highest BCUT2D eigenvalue weighted by Gasteiger charge is 2.29. The van der Waals surface area contributed by atoms with Gasteiger partial charge in [0.1, 0.15) is 12.4 Å². The van der Waals surface area contributed by atoms with Crippen LogP contribution in [0.2, 0.25) is 0 Å². The smallest absolute Gasteiger partial charge is 0.249 e. The molecule has 1 atom stereocenters. The van der Waals surface area contributed by atoms with Crippen molar-refractivity contribution in [3.05, 3.63) is 29.8 Å². The molecule has 2 aromatic heterocycles. The Balaban J connectivity index is 1.96. The number of aryl methyl sites for hydroxylation is 2. The van der Waals surface area contributed by atoms with E-state index in [1.807, 2.05) is 31.0 Å². The summed E-state index contributed by atoms with van der Waals surface area (Å²) in [5.41, 5.74) is 2.66. The number of hydrogen-bond acceptors (Lipinski definition) is 5. The van der Waals surface area contributed by atoms with E-state index in [0.29, 0.717) is 5.82 Å². The van der Waals surface area contributed by atoms with E-state index >= 15 is 0 Å². The highest BCUT2D eigenvalue weighted by atomic mass is 16.5. The summed E-state index contributed by atoms with van der Waals surface area (Å²) in [5, 5.41) is 4.21. The maximum Gasteiger partial charge on any atom is 0.249 e. The highest BCUT2D eigenvalue weighted by molar-refractivity contribution is 5.78. The van der Waals surface area contributed by atoms with E-state index < -0.39 is 0 Å². The molecule has 0 bridgehead atoms. The lowest BCUT2D eigenvalue weighted by molar-refractivity contribution is -0.139. The van der Waals surface area contributed by atoms with Gasteiger partial charge in [0.05, 0.1) is 23.1 Å². The molecule has 1 aliphatic rings. The topological polar surface area (TPSA) is 73.1 Å².